The lowest BCUT2D eigenvalue weighted by Gasteiger charge is -2.39. The molecule has 0 spiro atoms. The minimum atomic E-state index is -0.878. The zero-order valence-corrected chi connectivity index (χ0v) is 28.2. The van der Waals surface area contributed by atoms with Gasteiger partial charge in [-0.15, -0.1) is 0 Å². The fourth-order valence-corrected chi connectivity index (χ4v) is 6.69. The number of nitrogens with zero attached hydrogens (tertiary/aromatic N) is 1. The van der Waals surface area contributed by atoms with Crippen LogP contribution in [0.4, 0.5) is 0 Å². The van der Waals surface area contributed by atoms with Gasteiger partial charge in [-0.05, 0) is 45.3 Å². The van der Waals surface area contributed by atoms with E-state index in [0.29, 0.717) is 30.2 Å². The molecule has 0 radical (unpaired) electrons. The van der Waals surface area contributed by atoms with Crippen molar-refractivity contribution in [2.75, 3.05) is 28.4 Å². The third kappa shape index (κ3) is 6.64. The molecule has 0 aliphatic carbocycles. The van der Waals surface area contributed by atoms with E-state index in [1.165, 1.54) is 7.11 Å². The van der Waals surface area contributed by atoms with E-state index in [-0.39, 0.29) is 5.97 Å². The number of methoxy groups -OCH3 is 4. The Labute approximate surface area is 287 Å². The Morgan fingerprint density at radius 2 is 1.18 bits per heavy atom. The molecule has 0 fully saturated rings. The Morgan fingerprint density at radius 3 is 1.65 bits per heavy atom. The lowest BCUT2D eigenvalue weighted by Crippen LogP contribution is -2.53. The standard InChI is InChI=1S/C42H40N2O5/c1-46-28-29-24-37(47-2)39(38(25-29)48-3)40-35-23-15-14-22-34(35)30(27-43-40)26-36(41(45)49-4)44-42(31-16-8-5-9-17-31,32-18-10-6-11-19-32)33-20-12-7-13-21-33/h5-25,27,36,44H,26,28H2,1-4H3/t36-/m0/s1. The van der Waals surface area contributed by atoms with Crippen molar-refractivity contribution in [1.29, 1.82) is 0 Å². The first-order valence-electron chi connectivity index (χ1n) is 16.2. The third-order valence-electron chi connectivity index (χ3n) is 8.91. The molecule has 7 nitrogen and oxygen atoms in total. The van der Waals surface area contributed by atoms with Crippen LogP contribution in [0.2, 0.25) is 0 Å². The van der Waals surface area contributed by atoms with Crippen LogP contribution in [0.1, 0.15) is 27.8 Å². The number of rotatable bonds is 13. The number of pyridine rings is 1. The summed E-state index contributed by atoms with van der Waals surface area (Å²) in [6, 6.07) is 41.8. The number of esters is 1. The number of carbonyl (C=O) groups excluding carboxylic acids is 1. The van der Waals surface area contributed by atoms with Crippen LogP contribution in [-0.2, 0) is 32.8 Å². The highest BCUT2D eigenvalue weighted by molar-refractivity contribution is 5.99. The molecule has 1 N–H and O–H groups in total. The van der Waals surface area contributed by atoms with Crippen LogP contribution in [0, 0.1) is 0 Å². The van der Waals surface area contributed by atoms with Crippen molar-refractivity contribution in [3.63, 3.8) is 0 Å². The Bertz CT molecular complexity index is 1890. The van der Waals surface area contributed by atoms with Gasteiger partial charge in [0.05, 0.1) is 44.7 Å². The molecule has 7 heteroatoms. The first-order valence-corrected chi connectivity index (χ1v) is 16.2. The molecule has 0 aliphatic rings. The topological polar surface area (TPSA) is 78.9 Å². The number of nitrogens with one attached hydrogen (secondary N) is 1. The molecule has 5 aromatic carbocycles. The molecule has 1 heterocycles. The van der Waals surface area contributed by atoms with Gasteiger partial charge in [0.25, 0.3) is 0 Å². The molecule has 1 aromatic heterocycles. The van der Waals surface area contributed by atoms with E-state index in [0.717, 1.165) is 44.2 Å². The second kappa shape index (κ2) is 15.2. The molecular weight excluding hydrogens is 612 g/mol. The minimum absolute atomic E-state index is 0.315. The van der Waals surface area contributed by atoms with Crippen molar-refractivity contribution >= 4 is 16.7 Å². The Hall–Kier alpha value is -5.50. The van der Waals surface area contributed by atoms with Crippen LogP contribution in [0.5, 0.6) is 11.5 Å². The number of hydrogen-bond acceptors (Lipinski definition) is 7. The number of ether oxygens (including phenoxy) is 4. The van der Waals surface area contributed by atoms with Gasteiger partial charge in [0.1, 0.15) is 17.5 Å². The molecule has 6 rings (SSSR count). The first kappa shape index (κ1) is 33.4. The maximum Gasteiger partial charge on any atom is 0.323 e. The van der Waals surface area contributed by atoms with E-state index in [4.69, 9.17) is 23.9 Å². The van der Waals surface area contributed by atoms with E-state index in [2.05, 4.69) is 47.8 Å². The summed E-state index contributed by atoms with van der Waals surface area (Å²) in [6.07, 6.45) is 2.15. The van der Waals surface area contributed by atoms with Gasteiger partial charge in [0, 0.05) is 25.1 Å². The zero-order valence-electron chi connectivity index (χ0n) is 28.2. The van der Waals surface area contributed by atoms with E-state index < -0.39 is 11.6 Å². The van der Waals surface area contributed by atoms with Crippen molar-refractivity contribution in [2.45, 2.75) is 24.6 Å². The lowest BCUT2D eigenvalue weighted by molar-refractivity contribution is -0.143. The predicted molar refractivity (Wildman–Crippen MR) is 193 cm³/mol. The van der Waals surface area contributed by atoms with Crippen LogP contribution < -0.4 is 14.8 Å². The largest absolute Gasteiger partial charge is 0.496 e. The van der Waals surface area contributed by atoms with Crippen molar-refractivity contribution in [3.05, 3.63) is 161 Å². The summed E-state index contributed by atoms with van der Waals surface area (Å²) in [5.41, 5.74) is 5.38. The molecule has 0 amide bonds. The van der Waals surface area contributed by atoms with Crippen LogP contribution in [0.3, 0.4) is 0 Å². The van der Waals surface area contributed by atoms with Crippen molar-refractivity contribution in [3.8, 4) is 22.8 Å². The average molecular weight is 653 g/mol. The molecule has 49 heavy (non-hydrogen) atoms. The second-order valence-electron chi connectivity index (χ2n) is 11.8. The van der Waals surface area contributed by atoms with Gasteiger partial charge in [-0.1, -0.05) is 115 Å². The highest BCUT2D eigenvalue weighted by Gasteiger charge is 2.40. The molecule has 0 bridgehead atoms. The number of hydrogen-bond donors (Lipinski definition) is 1. The quantitative estimate of drug-likeness (QED) is 0.101. The highest BCUT2D eigenvalue weighted by atomic mass is 16.5. The molecule has 0 aliphatic heterocycles. The summed E-state index contributed by atoms with van der Waals surface area (Å²) in [4.78, 5) is 18.8. The van der Waals surface area contributed by atoms with Gasteiger partial charge in [-0.3, -0.25) is 15.1 Å². The number of aromatic nitrogens is 1. The third-order valence-corrected chi connectivity index (χ3v) is 8.91. The first-order chi connectivity index (χ1) is 24.0. The molecule has 1 atom stereocenters. The summed E-state index contributed by atoms with van der Waals surface area (Å²) in [6.45, 7) is 0.415. The molecule has 248 valence electrons. The van der Waals surface area contributed by atoms with Gasteiger partial charge in [0.15, 0.2) is 0 Å². The fourth-order valence-electron chi connectivity index (χ4n) is 6.69. The van der Waals surface area contributed by atoms with Crippen LogP contribution in [0.25, 0.3) is 22.0 Å². The van der Waals surface area contributed by atoms with Crippen molar-refractivity contribution in [1.82, 2.24) is 10.3 Å². The van der Waals surface area contributed by atoms with E-state index in [1.807, 2.05) is 91.1 Å². The predicted octanol–water partition coefficient (Wildman–Crippen LogP) is 7.73. The second-order valence-corrected chi connectivity index (χ2v) is 11.8. The number of benzene rings is 5. The molecular formula is C42H40N2O5. The van der Waals surface area contributed by atoms with Crippen LogP contribution >= 0.6 is 0 Å². The Morgan fingerprint density at radius 1 is 0.694 bits per heavy atom. The number of fused-ring (bicyclic) bond motifs is 1. The van der Waals surface area contributed by atoms with Crippen LogP contribution in [-0.4, -0.2) is 45.4 Å². The van der Waals surface area contributed by atoms with Gasteiger partial charge >= 0.3 is 5.97 Å². The van der Waals surface area contributed by atoms with Gasteiger partial charge < -0.3 is 18.9 Å². The maximum absolute atomic E-state index is 13.8. The zero-order chi connectivity index (χ0) is 34.2. The van der Waals surface area contributed by atoms with E-state index in [9.17, 15) is 4.79 Å². The average Bonchev–Trinajstić information content (AvgIpc) is 3.17. The molecule has 0 saturated carbocycles. The smallest absolute Gasteiger partial charge is 0.323 e. The summed E-state index contributed by atoms with van der Waals surface area (Å²) in [5, 5.41) is 5.69. The number of carbonyl (C=O) groups is 1. The van der Waals surface area contributed by atoms with E-state index in [1.54, 1.807) is 21.3 Å². The van der Waals surface area contributed by atoms with Gasteiger partial charge in [0.2, 0.25) is 0 Å². The monoisotopic (exact) mass is 652 g/mol. The maximum atomic E-state index is 13.8. The SMILES string of the molecule is COCc1cc(OC)c(-c2ncc(C[C@H](NC(c3ccccc3)(c3ccccc3)c3ccccc3)C(=O)OC)c3ccccc23)c(OC)c1. The molecule has 0 unspecified atom stereocenters. The van der Waals surface area contributed by atoms with E-state index >= 15 is 0 Å². The lowest BCUT2D eigenvalue weighted by atomic mass is 9.76. The highest BCUT2D eigenvalue weighted by Crippen LogP contribution is 2.43. The summed E-state index contributed by atoms with van der Waals surface area (Å²) < 4.78 is 22.5. The van der Waals surface area contributed by atoms with Crippen LogP contribution in [0.15, 0.2) is 134 Å². The Kier molecular flexibility index (Phi) is 10.3. The van der Waals surface area contributed by atoms with Crippen molar-refractivity contribution in [2.24, 2.45) is 0 Å². The van der Waals surface area contributed by atoms with Gasteiger partial charge in [-0.25, -0.2) is 0 Å². The molecule has 6 aromatic rings. The molecule has 0 saturated heterocycles. The summed E-state index contributed by atoms with van der Waals surface area (Å²) in [7, 11) is 6.35. The summed E-state index contributed by atoms with van der Waals surface area (Å²) >= 11 is 0. The van der Waals surface area contributed by atoms with Gasteiger partial charge in [-0.2, -0.15) is 0 Å². The fraction of sp³-hybridized carbons (Fsp3) is 0.190. The normalized spacial score (nSPS) is 12.0. The summed E-state index contributed by atoms with van der Waals surface area (Å²) in [5.74, 6) is 0.881. The Balaban J connectivity index is 1.50. The minimum Gasteiger partial charge on any atom is -0.496 e. The van der Waals surface area contributed by atoms with Crippen molar-refractivity contribution < 1.29 is 23.7 Å².